The van der Waals surface area contributed by atoms with E-state index in [1.165, 1.54) is 25.3 Å². The van der Waals surface area contributed by atoms with E-state index in [2.05, 4.69) is 0 Å². The fraction of sp³-hybridized carbons (Fsp3) is 0.417. The lowest BCUT2D eigenvalue weighted by molar-refractivity contribution is -0.168. The van der Waals surface area contributed by atoms with E-state index in [0.717, 1.165) is 6.92 Å². The maximum atomic E-state index is 13.0. The Bertz CT molecular complexity index is 507. The third kappa shape index (κ3) is 2.25. The highest BCUT2D eigenvalue weighted by atomic mass is 35.5. The van der Waals surface area contributed by atoms with Crippen LogP contribution in [0.5, 0.6) is 5.75 Å². The zero-order valence-corrected chi connectivity index (χ0v) is 10.8. The summed E-state index contributed by atoms with van der Waals surface area (Å²) in [7, 11) is 1.39. The molecule has 0 fully saturated rings. The lowest BCUT2D eigenvalue weighted by Gasteiger charge is -2.26. The summed E-state index contributed by atoms with van der Waals surface area (Å²) in [4.78, 5) is 0. The van der Waals surface area contributed by atoms with Crippen LogP contribution in [-0.2, 0) is 5.41 Å². The van der Waals surface area contributed by atoms with Crippen LogP contribution >= 0.6 is 11.6 Å². The van der Waals surface area contributed by atoms with Gasteiger partial charge in [-0.3, -0.25) is 0 Å². The Morgan fingerprint density at radius 3 is 2.28 bits per heavy atom. The van der Waals surface area contributed by atoms with E-state index in [4.69, 9.17) is 21.6 Å². The largest absolute Gasteiger partial charge is 0.496 e. The van der Waals surface area contributed by atoms with Crippen molar-refractivity contribution < 1.29 is 17.9 Å². The number of ether oxygens (including phenoxy) is 1. The summed E-state index contributed by atoms with van der Waals surface area (Å²) >= 11 is 5.82. The number of hydrogen-bond acceptors (Lipinski definition) is 2. The van der Waals surface area contributed by atoms with Gasteiger partial charge in [0.05, 0.1) is 13.2 Å². The molecular formula is C12H11ClF3NO. The SMILES string of the molecule is COc1cc(Cl)c(C(C)(C#N)C(F)(F)F)cc1C. The molecule has 1 rings (SSSR count). The lowest BCUT2D eigenvalue weighted by atomic mass is 9.82. The summed E-state index contributed by atoms with van der Waals surface area (Å²) in [6, 6.07) is 3.81. The number of methoxy groups -OCH3 is 1. The van der Waals surface area contributed by atoms with E-state index in [0.29, 0.717) is 11.3 Å². The van der Waals surface area contributed by atoms with Crippen LogP contribution in [0, 0.1) is 18.3 Å². The van der Waals surface area contributed by atoms with E-state index in [1.807, 2.05) is 0 Å². The molecule has 1 aromatic rings. The van der Waals surface area contributed by atoms with Gasteiger partial charge in [-0.2, -0.15) is 18.4 Å². The zero-order chi connectivity index (χ0) is 14.1. The van der Waals surface area contributed by atoms with Gasteiger partial charge in [-0.05, 0) is 31.5 Å². The quantitative estimate of drug-likeness (QED) is 0.818. The summed E-state index contributed by atoms with van der Waals surface area (Å²) < 4.78 is 43.9. The second-order valence-electron chi connectivity index (χ2n) is 4.04. The summed E-state index contributed by atoms with van der Waals surface area (Å²) in [6.45, 7) is 2.40. The van der Waals surface area contributed by atoms with Crippen LogP contribution in [0.3, 0.4) is 0 Å². The van der Waals surface area contributed by atoms with E-state index in [9.17, 15) is 13.2 Å². The third-order valence-electron chi connectivity index (χ3n) is 2.81. The molecule has 0 N–H and O–H groups in total. The van der Waals surface area contributed by atoms with Crippen molar-refractivity contribution in [3.8, 4) is 11.8 Å². The van der Waals surface area contributed by atoms with E-state index in [-0.39, 0.29) is 10.6 Å². The van der Waals surface area contributed by atoms with Crippen molar-refractivity contribution in [2.45, 2.75) is 25.4 Å². The van der Waals surface area contributed by atoms with Crippen LogP contribution in [-0.4, -0.2) is 13.3 Å². The fourth-order valence-electron chi connectivity index (χ4n) is 1.54. The molecule has 1 aromatic carbocycles. The van der Waals surface area contributed by atoms with Gasteiger partial charge in [0.2, 0.25) is 0 Å². The number of alkyl halides is 3. The van der Waals surface area contributed by atoms with Gasteiger partial charge in [0.25, 0.3) is 0 Å². The second-order valence-corrected chi connectivity index (χ2v) is 4.44. The molecule has 0 heterocycles. The molecule has 0 saturated carbocycles. The van der Waals surface area contributed by atoms with Crippen LogP contribution in [0.15, 0.2) is 12.1 Å². The Labute approximate surface area is 108 Å². The van der Waals surface area contributed by atoms with Gasteiger partial charge in [-0.25, -0.2) is 0 Å². The molecule has 1 unspecified atom stereocenters. The Hall–Kier alpha value is -1.41. The third-order valence-corrected chi connectivity index (χ3v) is 3.13. The second kappa shape index (κ2) is 4.69. The standard InChI is InChI=1S/C12H11ClF3NO/c1-7-4-8(9(13)5-10(7)18-3)11(2,6-17)12(14,15)16/h4-5H,1-3H3. The molecule has 0 aliphatic carbocycles. The number of hydrogen-bond donors (Lipinski definition) is 0. The molecule has 0 spiro atoms. The molecule has 0 aliphatic rings. The van der Waals surface area contributed by atoms with E-state index in [1.54, 1.807) is 6.92 Å². The first-order valence-electron chi connectivity index (χ1n) is 5.00. The van der Waals surface area contributed by atoms with Crippen molar-refractivity contribution >= 4 is 11.6 Å². The van der Waals surface area contributed by atoms with Gasteiger partial charge in [-0.1, -0.05) is 11.6 Å². The molecule has 1 atom stereocenters. The summed E-state index contributed by atoms with van der Waals surface area (Å²) in [6.07, 6.45) is -4.70. The minimum atomic E-state index is -4.70. The molecule has 98 valence electrons. The number of nitrogens with zero attached hydrogens (tertiary/aromatic N) is 1. The Kier molecular flexibility index (Phi) is 3.82. The first kappa shape index (κ1) is 14.7. The van der Waals surface area contributed by atoms with Crippen molar-refractivity contribution in [3.63, 3.8) is 0 Å². The Morgan fingerprint density at radius 1 is 1.33 bits per heavy atom. The number of nitriles is 1. The normalized spacial score (nSPS) is 14.8. The molecule has 0 bridgehead atoms. The van der Waals surface area contributed by atoms with Crippen molar-refractivity contribution in [1.29, 1.82) is 5.26 Å². The van der Waals surface area contributed by atoms with Crippen LogP contribution in [0.25, 0.3) is 0 Å². The molecule has 0 amide bonds. The first-order chi connectivity index (χ1) is 8.17. The highest BCUT2D eigenvalue weighted by molar-refractivity contribution is 6.31. The summed E-state index contributed by atoms with van der Waals surface area (Å²) in [5, 5.41) is 8.72. The molecule has 0 aromatic heterocycles. The maximum Gasteiger partial charge on any atom is 0.410 e. The fourth-order valence-corrected chi connectivity index (χ4v) is 1.89. The van der Waals surface area contributed by atoms with Gasteiger partial charge < -0.3 is 4.74 Å². The van der Waals surface area contributed by atoms with Crippen LogP contribution in [0.2, 0.25) is 5.02 Å². The van der Waals surface area contributed by atoms with Crippen molar-refractivity contribution in [2.24, 2.45) is 0 Å². The van der Waals surface area contributed by atoms with Crippen LogP contribution < -0.4 is 4.74 Å². The number of aryl methyl sites for hydroxylation is 1. The molecule has 18 heavy (non-hydrogen) atoms. The number of benzene rings is 1. The van der Waals surface area contributed by atoms with Gasteiger partial charge in [0.1, 0.15) is 5.75 Å². The highest BCUT2D eigenvalue weighted by Gasteiger charge is 2.54. The summed E-state index contributed by atoms with van der Waals surface area (Å²) in [5.41, 5.74) is -2.42. The predicted octanol–water partition coefficient (Wildman–Crippen LogP) is 4.00. The zero-order valence-electron chi connectivity index (χ0n) is 10.0. The van der Waals surface area contributed by atoms with Gasteiger partial charge in [-0.15, -0.1) is 0 Å². The van der Waals surface area contributed by atoms with Crippen molar-refractivity contribution in [2.75, 3.05) is 7.11 Å². The molecular weight excluding hydrogens is 267 g/mol. The first-order valence-corrected chi connectivity index (χ1v) is 5.37. The molecule has 0 saturated heterocycles. The molecule has 2 nitrogen and oxygen atoms in total. The summed E-state index contributed by atoms with van der Waals surface area (Å²) in [5.74, 6) is 0.381. The highest BCUT2D eigenvalue weighted by Crippen LogP contribution is 2.44. The molecule has 0 aliphatic heterocycles. The smallest absolute Gasteiger partial charge is 0.410 e. The maximum absolute atomic E-state index is 13.0. The average Bonchev–Trinajstić information content (AvgIpc) is 2.29. The minimum absolute atomic E-state index is 0.140. The molecule has 0 radical (unpaired) electrons. The van der Waals surface area contributed by atoms with Crippen LogP contribution in [0.4, 0.5) is 13.2 Å². The lowest BCUT2D eigenvalue weighted by Crippen LogP contribution is -2.38. The monoisotopic (exact) mass is 277 g/mol. The topological polar surface area (TPSA) is 33.0 Å². The number of halogens is 4. The van der Waals surface area contributed by atoms with E-state index < -0.39 is 11.6 Å². The Morgan fingerprint density at radius 2 is 1.89 bits per heavy atom. The van der Waals surface area contributed by atoms with Crippen molar-refractivity contribution in [3.05, 3.63) is 28.3 Å². The van der Waals surface area contributed by atoms with Gasteiger partial charge >= 0.3 is 6.18 Å². The van der Waals surface area contributed by atoms with Gasteiger partial charge in [0, 0.05) is 10.6 Å². The molecule has 6 heteroatoms. The Balaban J connectivity index is 3.51. The number of rotatable bonds is 2. The van der Waals surface area contributed by atoms with Crippen LogP contribution in [0.1, 0.15) is 18.1 Å². The van der Waals surface area contributed by atoms with Crippen molar-refractivity contribution in [1.82, 2.24) is 0 Å². The van der Waals surface area contributed by atoms with E-state index >= 15 is 0 Å². The van der Waals surface area contributed by atoms with Gasteiger partial charge in [0.15, 0.2) is 5.41 Å². The minimum Gasteiger partial charge on any atom is -0.496 e. The average molecular weight is 278 g/mol. The predicted molar refractivity (Wildman–Crippen MR) is 61.8 cm³/mol.